The van der Waals surface area contributed by atoms with E-state index in [0.717, 1.165) is 88.3 Å². The molecular formula is C20H31IN6O2. The number of hydrogen-bond acceptors (Lipinski definition) is 5. The van der Waals surface area contributed by atoms with Gasteiger partial charge < -0.3 is 19.8 Å². The smallest absolute Gasteiger partial charge is 0.191 e. The molecule has 160 valence electrons. The first kappa shape index (κ1) is 22.1. The molecule has 9 heteroatoms. The number of nitrogens with one attached hydrogen (secondary N) is 2. The summed E-state index contributed by atoms with van der Waals surface area (Å²) in [5.74, 6) is 4.39. The number of furan rings is 1. The van der Waals surface area contributed by atoms with Gasteiger partial charge in [0.05, 0.1) is 19.4 Å². The molecule has 2 unspecified atom stereocenters. The van der Waals surface area contributed by atoms with Gasteiger partial charge in [0.2, 0.25) is 0 Å². The van der Waals surface area contributed by atoms with Crippen LogP contribution in [0.3, 0.4) is 0 Å². The van der Waals surface area contributed by atoms with E-state index in [9.17, 15) is 0 Å². The van der Waals surface area contributed by atoms with Gasteiger partial charge in [-0.2, -0.15) is 5.10 Å². The average molecular weight is 514 g/mol. The third-order valence-corrected chi connectivity index (χ3v) is 5.33. The van der Waals surface area contributed by atoms with Crippen LogP contribution in [0.1, 0.15) is 37.2 Å². The minimum Gasteiger partial charge on any atom is -0.469 e. The molecule has 1 fully saturated rings. The second-order valence-electron chi connectivity index (χ2n) is 7.53. The number of aliphatic imine (C=N–C) groups is 1. The predicted molar refractivity (Wildman–Crippen MR) is 122 cm³/mol. The summed E-state index contributed by atoms with van der Waals surface area (Å²) in [6.45, 7) is 6.16. The van der Waals surface area contributed by atoms with Gasteiger partial charge in [-0.25, -0.2) is 9.67 Å². The zero-order chi connectivity index (χ0) is 19.2. The van der Waals surface area contributed by atoms with Gasteiger partial charge in [-0.05, 0) is 25.0 Å². The molecule has 2 atom stereocenters. The van der Waals surface area contributed by atoms with E-state index in [-0.39, 0.29) is 24.0 Å². The van der Waals surface area contributed by atoms with Crippen LogP contribution in [0, 0.1) is 5.92 Å². The summed E-state index contributed by atoms with van der Waals surface area (Å²) in [6, 6.07) is 4.22. The van der Waals surface area contributed by atoms with Crippen molar-refractivity contribution in [1.82, 2.24) is 25.4 Å². The summed E-state index contributed by atoms with van der Waals surface area (Å²) < 4.78 is 13.0. The summed E-state index contributed by atoms with van der Waals surface area (Å²) >= 11 is 0. The minimum absolute atomic E-state index is 0. The summed E-state index contributed by atoms with van der Waals surface area (Å²) in [6.07, 6.45) is 6.49. The molecule has 0 bridgehead atoms. The molecule has 0 aromatic carbocycles. The van der Waals surface area contributed by atoms with Crippen molar-refractivity contribution in [2.75, 3.05) is 26.3 Å². The minimum atomic E-state index is 0. The number of aromatic nitrogens is 3. The molecule has 2 N–H and O–H groups in total. The highest BCUT2D eigenvalue weighted by Gasteiger charge is 2.22. The molecule has 8 nitrogen and oxygen atoms in total. The Morgan fingerprint density at radius 2 is 2.31 bits per heavy atom. The van der Waals surface area contributed by atoms with Crippen molar-refractivity contribution >= 4 is 29.9 Å². The van der Waals surface area contributed by atoms with Crippen molar-refractivity contribution in [3.05, 3.63) is 35.8 Å². The van der Waals surface area contributed by atoms with E-state index in [4.69, 9.17) is 14.1 Å². The van der Waals surface area contributed by atoms with Gasteiger partial charge in [0.1, 0.15) is 11.6 Å². The summed E-state index contributed by atoms with van der Waals surface area (Å²) in [5.41, 5.74) is 0. The molecule has 0 radical (unpaired) electrons. The van der Waals surface area contributed by atoms with E-state index in [2.05, 4.69) is 27.6 Å². The molecule has 0 spiro atoms. The summed E-state index contributed by atoms with van der Waals surface area (Å²) in [7, 11) is 0. The molecule has 2 aromatic rings. The SMILES string of the molecule is CCc1nc2n(n1)CC(NC(=NCC1CCOC1)NCCc1ccco1)CC2.I. The monoisotopic (exact) mass is 514 g/mol. The summed E-state index contributed by atoms with van der Waals surface area (Å²) in [4.78, 5) is 9.44. The molecule has 0 aliphatic carbocycles. The van der Waals surface area contributed by atoms with Crippen LogP contribution in [-0.4, -0.2) is 53.1 Å². The highest BCUT2D eigenvalue weighted by Crippen LogP contribution is 2.14. The van der Waals surface area contributed by atoms with Crippen LogP contribution < -0.4 is 10.6 Å². The first-order valence-corrected chi connectivity index (χ1v) is 10.4. The molecule has 4 rings (SSSR count). The van der Waals surface area contributed by atoms with E-state index < -0.39 is 0 Å². The Morgan fingerprint density at radius 1 is 1.38 bits per heavy atom. The molecule has 2 aliphatic heterocycles. The zero-order valence-electron chi connectivity index (χ0n) is 17.0. The fourth-order valence-electron chi connectivity index (χ4n) is 3.68. The molecule has 0 saturated carbocycles. The first-order chi connectivity index (χ1) is 13.8. The van der Waals surface area contributed by atoms with Crippen molar-refractivity contribution in [3.8, 4) is 0 Å². The zero-order valence-corrected chi connectivity index (χ0v) is 19.3. The number of guanidine groups is 1. The van der Waals surface area contributed by atoms with Gasteiger partial charge in [-0.3, -0.25) is 4.99 Å². The lowest BCUT2D eigenvalue weighted by Crippen LogP contribution is -2.47. The standard InChI is InChI=1S/C20H30N6O2.HI/c1-2-18-24-19-6-5-16(13-26(19)25-18)23-20(22-12-15-8-11-27-14-15)21-9-7-17-4-3-10-28-17;/h3-4,10,15-16H,2,5-9,11-14H2,1H3,(H2,21,22,23);1H. The number of halogens is 1. The quantitative estimate of drug-likeness (QED) is 0.335. The van der Waals surface area contributed by atoms with Crippen LogP contribution in [0.5, 0.6) is 0 Å². The van der Waals surface area contributed by atoms with Crippen molar-refractivity contribution in [1.29, 1.82) is 0 Å². The molecule has 29 heavy (non-hydrogen) atoms. The molecule has 4 heterocycles. The predicted octanol–water partition coefficient (Wildman–Crippen LogP) is 2.18. The van der Waals surface area contributed by atoms with E-state index in [1.54, 1.807) is 6.26 Å². The third kappa shape index (κ3) is 6.18. The van der Waals surface area contributed by atoms with Gasteiger partial charge >= 0.3 is 0 Å². The van der Waals surface area contributed by atoms with E-state index in [1.807, 2.05) is 16.8 Å². The maximum atomic E-state index is 5.48. The second-order valence-corrected chi connectivity index (χ2v) is 7.53. The molecule has 1 saturated heterocycles. The van der Waals surface area contributed by atoms with Crippen molar-refractivity contribution in [2.24, 2.45) is 10.9 Å². The Balaban J connectivity index is 0.00000240. The van der Waals surface area contributed by atoms with Crippen LogP contribution in [0.2, 0.25) is 0 Å². The maximum absolute atomic E-state index is 5.48. The molecule has 2 aliphatic rings. The van der Waals surface area contributed by atoms with Gasteiger partial charge in [0, 0.05) is 50.9 Å². The van der Waals surface area contributed by atoms with Crippen molar-refractivity contribution in [2.45, 2.75) is 51.6 Å². The van der Waals surface area contributed by atoms with E-state index in [1.165, 1.54) is 0 Å². The second kappa shape index (κ2) is 11.0. The fraction of sp³-hybridized carbons (Fsp3) is 0.650. The van der Waals surface area contributed by atoms with Crippen LogP contribution in [0.15, 0.2) is 27.8 Å². The van der Waals surface area contributed by atoms with Crippen LogP contribution in [-0.2, 0) is 30.5 Å². The Labute approximate surface area is 188 Å². The molecular weight excluding hydrogens is 483 g/mol. The number of aryl methyl sites for hydroxylation is 2. The number of fused-ring (bicyclic) bond motifs is 1. The van der Waals surface area contributed by atoms with E-state index >= 15 is 0 Å². The Hall–Kier alpha value is -1.62. The Kier molecular flexibility index (Phi) is 8.34. The lowest BCUT2D eigenvalue weighted by molar-refractivity contribution is 0.187. The lowest BCUT2D eigenvalue weighted by Gasteiger charge is -2.25. The highest BCUT2D eigenvalue weighted by atomic mass is 127. The fourth-order valence-corrected chi connectivity index (χ4v) is 3.68. The van der Waals surface area contributed by atoms with Crippen LogP contribution in [0.4, 0.5) is 0 Å². The van der Waals surface area contributed by atoms with Crippen molar-refractivity contribution < 1.29 is 9.15 Å². The molecule has 0 amide bonds. The largest absolute Gasteiger partial charge is 0.469 e. The lowest BCUT2D eigenvalue weighted by atomic mass is 10.1. The maximum Gasteiger partial charge on any atom is 0.191 e. The normalized spacial score (nSPS) is 21.5. The number of hydrogen-bond donors (Lipinski definition) is 2. The average Bonchev–Trinajstić information content (AvgIpc) is 3.46. The summed E-state index contributed by atoms with van der Waals surface area (Å²) in [5, 5.41) is 11.7. The number of nitrogens with zero attached hydrogens (tertiary/aromatic N) is 4. The van der Waals surface area contributed by atoms with Crippen LogP contribution >= 0.6 is 24.0 Å². The molecule has 2 aromatic heterocycles. The highest BCUT2D eigenvalue weighted by molar-refractivity contribution is 14.0. The first-order valence-electron chi connectivity index (χ1n) is 10.4. The third-order valence-electron chi connectivity index (χ3n) is 5.33. The van der Waals surface area contributed by atoms with Gasteiger partial charge in [-0.1, -0.05) is 6.92 Å². The van der Waals surface area contributed by atoms with Crippen LogP contribution in [0.25, 0.3) is 0 Å². The topological polar surface area (TPSA) is 89.5 Å². The number of rotatable bonds is 7. The van der Waals surface area contributed by atoms with Gasteiger partial charge in [0.15, 0.2) is 11.8 Å². The number of ether oxygens (including phenoxy) is 1. The van der Waals surface area contributed by atoms with Gasteiger partial charge in [0.25, 0.3) is 0 Å². The van der Waals surface area contributed by atoms with E-state index in [0.29, 0.717) is 12.0 Å². The van der Waals surface area contributed by atoms with Crippen molar-refractivity contribution in [3.63, 3.8) is 0 Å². The Morgan fingerprint density at radius 3 is 3.07 bits per heavy atom. The Bertz CT molecular complexity index is 770. The van der Waals surface area contributed by atoms with Gasteiger partial charge in [-0.15, -0.1) is 24.0 Å².